The van der Waals surface area contributed by atoms with Crippen LogP contribution in [0.4, 0.5) is 0 Å². The van der Waals surface area contributed by atoms with Crippen LogP contribution in [0.25, 0.3) is 22.0 Å². The van der Waals surface area contributed by atoms with Crippen LogP contribution in [-0.2, 0) is 7.05 Å². The van der Waals surface area contributed by atoms with Gasteiger partial charge in [-0.05, 0) is 44.5 Å². The first-order chi connectivity index (χ1) is 10.9. The van der Waals surface area contributed by atoms with Gasteiger partial charge in [0.05, 0.1) is 12.6 Å². The fourth-order valence-corrected chi connectivity index (χ4v) is 3.22. The van der Waals surface area contributed by atoms with Crippen molar-refractivity contribution in [2.24, 2.45) is 7.05 Å². The third-order valence-electron chi connectivity index (χ3n) is 4.41. The molecule has 118 valence electrons. The molecular weight excluding hydrogens is 286 g/mol. The molecule has 0 spiro atoms. The average molecular weight is 307 g/mol. The van der Waals surface area contributed by atoms with Crippen LogP contribution < -0.4 is 10.2 Å². The molecule has 0 radical (unpaired) electrons. The van der Waals surface area contributed by atoms with Crippen LogP contribution in [0.5, 0.6) is 5.75 Å². The number of hydrogen-bond acceptors (Lipinski definition) is 2. The number of nitrogens with zero attached hydrogens (tertiary/aromatic N) is 1. The third kappa shape index (κ3) is 2.52. The van der Waals surface area contributed by atoms with Crippen LogP contribution in [0, 0.1) is 20.8 Å². The first kappa shape index (κ1) is 15.3. The minimum absolute atomic E-state index is 0.0551. The summed E-state index contributed by atoms with van der Waals surface area (Å²) in [6, 6.07) is 11.9. The molecule has 0 bridgehead atoms. The van der Waals surface area contributed by atoms with Gasteiger partial charge in [0.1, 0.15) is 5.75 Å². The molecule has 1 heterocycles. The van der Waals surface area contributed by atoms with E-state index in [0.717, 1.165) is 33.5 Å². The highest BCUT2D eigenvalue weighted by molar-refractivity contribution is 5.86. The topological polar surface area (TPSA) is 31.2 Å². The Morgan fingerprint density at radius 1 is 0.957 bits per heavy atom. The van der Waals surface area contributed by atoms with Gasteiger partial charge in [-0.25, -0.2) is 0 Å². The zero-order chi connectivity index (χ0) is 16.7. The molecule has 2 aromatic carbocycles. The van der Waals surface area contributed by atoms with E-state index in [0.29, 0.717) is 11.1 Å². The van der Waals surface area contributed by atoms with Gasteiger partial charge in [0.15, 0.2) is 5.43 Å². The van der Waals surface area contributed by atoms with Crippen molar-refractivity contribution in [1.82, 2.24) is 4.57 Å². The molecule has 0 unspecified atom stereocenters. The lowest BCUT2D eigenvalue weighted by Crippen LogP contribution is -2.14. The van der Waals surface area contributed by atoms with Crippen LogP contribution in [0.3, 0.4) is 0 Å². The number of hydrogen-bond donors (Lipinski definition) is 0. The first-order valence-electron chi connectivity index (χ1n) is 7.68. The van der Waals surface area contributed by atoms with Crippen LogP contribution in [0.2, 0.25) is 0 Å². The van der Waals surface area contributed by atoms with E-state index in [9.17, 15) is 4.79 Å². The standard InChI is InChI=1S/C20H21NO2/c1-12-8-13(2)10-15(9-12)19-14(3)21(4)18-7-6-16(23-5)11-17(18)20(19)22/h6-11H,1-5H3. The Bertz CT molecular complexity index is 947. The number of aromatic nitrogens is 1. The molecule has 23 heavy (non-hydrogen) atoms. The summed E-state index contributed by atoms with van der Waals surface area (Å²) in [4.78, 5) is 13.1. The lowest BCUT2D eigenvalue weighted by molar-refractivity contribution is 0.415. The predicted octanol–water partition coefficient (Wildman–Crippen LogP) is 4.14. The Hall–Kier alpha value is -2.55. The summed E-state index contributed by atoms with van der Waals surface area (Å²) in [5, 5.41) is 0.687. The molecule has 0 amide bonds. The van der Waals surface area contributed by atoms with E-state index in [1.54, 1.807) is 7.11 Å². The summed E-state index contributed by atoms with van der Waals surface area (Å²) >= 11 is 0. The van der Waals surface area contributed by atoms with Crippen molar-refractivity contribution >= 4 is 10.9 Å². The zero-order valence-electron chi connectivity index (χ0n) is 14.2. The molecule has 0 atom stereocenters. The second-order valence-electron chi connectivity index (χ2n) is 6.11. The first-order valence-corrected chi connectivity index (χ1v) is 7.68. The summed E-state index contributed by atoms with van der Waals surface area (Å²) in [6.45, 7) is 6.11. The maximum Gasteiger partial charge on any atom is 0.197 e. The second-order valence-corrected chi connectivity index (χ2v) is 6.11. The Kier molecular flexibility index (Phi) is 3.72. The molecule has 3 heteroatoms. The highest BCUT2D eigenvalue weighted by Gasteiger charge is 2.15. The van der Waals surface area contributed by atoms with E-state index in [4.69, 9.17) is 4.74 Å². The lowest BCUT2D eigenvalue weighted by atomic mass is 9.97. The van der Waals surface area contributed by atoms with Gasteiger partial charge in [0.2, 0.25) is 0 Å². The molecule has 0 aliphatic rings. The van der Waals surface area contributed by atoms with E-state index in [1.165, 1.54) is 0 Å². The van der Waals surface area contributed by atoms with Crippen molar-refractivity contribution in [3.05, 3.63) is 63.4 Å². The number of rotatable bonds is 2. The van der Waals surface area contributed by atoms with Gasteiger partial charge >= 0.3 is 0 Å². The van der Waals surface area contributed by atoms with Gasteiger partial charge in [-0.2, -0.15) is 0 Å². The molecule has 3 nitrogen and oxygen atoms in total. The normalized spacial score (nSPS) is 11.0. The highest BCUT2D eigenvalue weighted by Crippen LogP contribution is 2.27. The fraction of sp³-hybridized carbons (Fsp3) is 0.250. The van der Waals surface area contributed by atoms with E-state index >= 15 is 0 Å². The van der Waals surface area contributed by atoms with Crippen LogP contribution in [0.15, 0.2) is 41.2 Å². The highest BCUT2D eigenvalue weighted by atomic mass is 16.5. The molecule has 0 saturated carbocycles. The fourth-order valence-electron chi connectivity index (χ4n) is 3.22. The summed E-state index contributed by atoms with van der Waals surface area (Å²) < 4.78 is 7.36. The second kappa shape index (κ2) is 5.58. The number of benzene rings is 2. The van der Waals surface area contributed by atoms with Crippen molar-refractivity contribution in [2.45, 2.75) is 20.8 Å². The van der Waals surface area contributed by atoms with Crippen LogP contribution in [0.1, 0.15) is 16.8 Å². The van der Waals surface area contributed by atoms with E-state index < -0.39 is 0 Å². The summed E-state index contributed by atoms with van der Waals surface area (Å²) in [5.74, 6) is 0.699. The van der Waals surface area contributed by atoms with Crippen molar-refractivity contribution in [2.75, 3.05) is 7.11 Å². The number of ether oxygens (including phenoxy) is 1. The summed E-state index contributed by atoms with van der Waals surface area (Å²) in [6.07, 6.45) is 0. The molecule has 3 rings (SSSR count). The quantitative estimate of drug-likeness (QED) is 0.712. The molecule has 0 N–H and O–H groups in total. The smallest absolute Gasteiger partial charge is 0.197 e. The third-order valence-corrected chi connectivity index (χ3v) is 4.41. The Morgan fingerprint density at radius 3 is 2.22 bits per heavy atom. The number of pyridine rings is 1. The summed E-state index contributed by atoms with van der Waals surface area (Å²) in [7, 11) is 3.61. The Labute approximate surface area is 136 Å². The molecule has 1 aromatic heterocycles. The molecule has 0 aliphatic carbocycles. The molecule has 0 fully saturated rings. The van der Waals surface area contributed by atoms with Gasteiger partial charge in [0, 0.05) is 23.7 Å². The number of aryl methyl sites for hydroxylation is 3. The largest absolute Gasteiger partial charge is 0.497 e. The van der Waals surface area contributed by atoms with E-state index in [2.05, 4.69) is 36.6 Å². The van der Waals surface area contributed by atoms with Crippen molar-refractivity contribution in [3.63, 3.8) is 0 Å². The zero-order valence-corrected chi connectivity index (χ0v) is 14.2. The van der Waals surface area contributed by atoms with E-state index in [1.807, 2.05) is 32.2 Å². The number of methoxy groups -OCH3 is 1. The van der Waals surface area contributed by atoms with Crippen LogP contribution >= 0.6 is 0 Å². The minimum atomic E-state index is 0.0551. The minimum Gasteiger partial charge on any atom is -0.497 e. The van der Waals surface area contributed by atoms with Crippen molar-refractivity contribution in [3.8, 4) is 16.9 Å². The molecular formula is C20H21NO2. The monoisotopic (exact) mass is 307 g/mol. The van der Waals surface area contributed by atoms with Gasteiger partial charge < -0.3 is 9.30 Å². The SMILES string of the molecule is COc1ccc2c(c1)c(=O)c(-c1cc(C)cc(C)c1)c(C)n2C. The predicted molar refractivity (Wildman–Crippen MR) is 95.4 cm³/mol. The molecule has 3 aromatic rings. The Balaban J connectivity index is 2.43. The maximum atomic E-state index is 13.1. The molecule has 0 aliphatic heterocycles. The maximum absolute atomic E-state index is 13.1. The molecule has 0 saturated heterocycles. The van der Waals surface area contributed by atoms with Gasteiger partial charge in [0.25, 0.3) is 0 Å². The van der Waals surface area contributed by atoms with Crippen molar-refractivity contribution < 1.29 is 4.74 Å². The number of fused-ring (bicyclic) bond motifs is 1. The van der Waals surface area contributed by atoms with Gasteiger partial charge in [-0.3, -0.25) is 4.79 Å². The average Bonchev–Trinajstić information content (AvgIpc) is 2.51. The summed E-state index contributed by atoms with van der Waals surface area (Å²) in [5.41, 5.74) is 6.00. The van der Waals surface area contributed by atoms with Gasteiger partial charge in [-0.1, -0.05) is 29.3 Å². The van der Waals surface area contributed by atoms with Crippen LogP contribution in [-0.4, -0.2) is 11.7 Å². The van der Waals surface area contributed by atoms with Crippen molar-refractivity contribution in [1.29, 1.82) is 0 Å². The lowest BCUT2D eigenvalue weighted by Gasteiger charge is -2.16. The van der Waals surface area contributed by atoms with E-state index in [-0.39, 0.29) is 5.43 Å². The Morgan fingerprint density at radius 2 is 1.61 bits per heavy atom. The van der Waals surface area contributed by atoms with Gasteiger partial charge in [-0.15, -0.1) is 0 Å².